The maximum atomic E-state index is 5.34. The lowest BCUT2D eigenvalue weighted by molar-refractivity contribution is 0.266. The third-order valence-corrected chi connectivity index (χ3v) is 3.56. The summed E-state index contributed by atoms with van der Waals surface area (Å²) >= 11 is 0. The van der Waals surface area contributed by atoms with Crippen LogP contribution in [-0.2, 0) is 6.42 Å². The molecule has 1 fully saturated rings. The highest BCUT2D eigenvalue weighted by Crippen LogP contribution is 2.15. The van der Waals surface area contributed by atoms with Gasteiger partial charge in [0.05, 0.1) is 6.26 Å². The number of nitrogens with one attached hydrogen (secondary N) is 1. The molecule has 0 aliphatic carbocycles. The molecular formula is C16H25N3O. The number of nitrogens with zero attached hydrogens (tertiary/aromatic N) is 2. The molecule has 1 aromatic rings. The third kappa shape index (κ3) is 4.44. The number of likely N-dealkylation sites (tertiary alicyclic amines) is 1. The van der Waals surface area contributed by atoms with Crippen LogP contribution < -0.4 is 5.32 Å². The fourth-order valence-electron chi connectivity index (χ4n) is 2.54. The van der Waals surface area contributed by atoms with Gasteiger partial charge < -0.3 is 14.6 Å². The van der Waals surface area contributed by atoms with Gasteiger partial charge in [0, 0.05) is 32.6 Å². The van der Waals surface area contributed by atoms with Crippen molar-refractivity contribution in [3.63, 3.8) is 0 Å². The Kier molecular flexibility index (Phi) is 5.71. The van der Waals surface area contributed by atoms with E-state index in [1.165, 1.54) is 12.8 Å². The van der Waals surface area contributed by atoms with E-state index in [-0.39, 0.29) is 0 Å². The Morgan fingerprint density at radius 2 is 2.55 bits per heavy atom. The van der Waals surface area contributed by atoms with E-state index in [0.29, 0.717) is 0 Å². The zero-order valence-electron chi connectivity index (χ0n) is 12.3. The van der Waals surface area contributed by atoms with Crippen molar-refractivity contribution < 1.29 is 4.42 Å². The number of furan rings is 1. The van der Waals surface area contributed by atoms with Crippen LogP contribution in [0.4, 0.5) is 0 Å². The molecule has 4 heteroatoms. The van der Waals surface area contributed by atoms with Crippen molar-refractivity contribution in [1.29, 1.82) is 0 Å². The van der Waals surface area contributed by atoms with E-state index in [1.807, 2.05) is 18.2 Å². The van der Waals surface area contributed by atoms with Gasteiger partial charge in [-0.2, -0.15) is 0 Å². The number of rotatable bonds is 5. The third-order valence-electron chi connectivity index (χ3n) is 3.56. The molecule has 0 radical (unpaired) electrons. The largest absolute Gasteiger partial charge is 0.469 e. The smallest absolute Gasteiger partial charge is 0.194 e. The van der Waals surface area contributed by atoms with Crippen molar-refractivity contribution in [3.05, 3.63) is 36.8 Å². The Bertz CT molecular complexity index is 425. The average Bonchev–Trinajstić information content (AvgIpc) is 2.96. The molecule has 2 heterocycles. The molecule has 4 nitrogen and oxygen atoms in total. The van der Waals surface area contributed by atoms with Crippen LogP contribution in [0.3, 0.4) is 0 Å². The fraction of sp³-hybridized carbons (Fsp3) is 0.562. The SMILES string of the molecule is C=CCNC(=NCCc1ccco1)N1CCCC(C)C1. The van der Waals surface area contributed by atoms with Crippen molar-refractivity contribution in [3.8, 4) is 0 Å². The lowest BCUT2D eigenvalue weighted by atomic mass is 10.0. The summed E-state index contributed by atoms with van der Waals surface area (Å²) in [5.74, 6) is 2.73. The summed E-state index contributed by atoms with van der Waals surface area (Å²) in [5, 5.41) is 3.37. The van der Waals surface area contributed by atoms with E-state index >= 15 is 0 Å². The highest BCUT2D eigenvalue weighted by molar-refractivity contribution is 5.80. The highest BCUT2D eigenvalue weighted by atomic mass is 16.3. The van der Waals surface area contributed by atoms with E-state index in [9.17, 15) is 0 Å². The van der Waals surface area contributed by atoms with E-state index in [4.69, 9.17) is 9.41 Å². The van der Waals surface area contributed by atoms with Gasteiger partial charge in [-0.3, -0.25) is 4.99 Å². The normalized spacial score (nSPS) is 19.9. The lowest BCUT2D eigenvalue weighted by Gasteiger charge is -2.33. The van der Waals surface area contributed by atoms with Crippen LogP contribution in [-0.4, -0.2) is 37.0 Å². The number of hydrogen-bond donors (Lipinski definition) is 1. The number of aliphatic imine (C=N–C) groups is 1. The summed E-state index contributed by atoms with van der Waals surface area (Å²) in [4.78, 5) is 7.08. The number of piperidine rings is 1. The first-order valence-corrected chi connectivity index (χ1v) is 7.46. The first kappa shape index (κ1) is 14.7. The van der Waals surface area contributed by atoms with Gasteiger partial charge in [0.15, 0.2) is 5.96 Å². The standard InChI is InChI=1S/C16H25N3O/c1-3-9-17-16(19-11-4-6-14(2)13-19)18-10-8-15-7-5-12-20-15/h3,5,7,12,14H,1,4,6,8-11,13H2,2H3,(H,17,18). The molecule has 20 heavy (non-hydrogen) atoms. The molecule has 1 saturated heterocycles. The van der Waals surface area contributed by atoms with Gasteiger partial charge in [0.25, 0.3) is 0 Å². The van der Waals surface area contributed by atoms with Gasteiger partial charge in [-0.1, -0.05) is 13.0 Å². The molecule has 1 N–H and O–H groups in total. The Balaban J connectivity index is 1.92. The monoisotopic (exact) mass is 275 g/mol. The van der Waals surface area contributed by atoms with Crippen molar-refractivity contribution in [2.24, 2.45) is 10.9 Å². The molecule has 0 saturated carbocycles. The average molecular weight is 275 g/mol. The van der Waals surface area contributed by atoms with Crippen LogP contribution in [0.15, 0.2) is 40.5 Å². The second-order valence-electron chi connectivity index (χ2n) is 5.40. The van der Waals surface area contributed by atoms with E-state index in [0.717, 1.165) is 50.2 Å². The summed E-state index contributed by atoms with van der Waals surface area (Å²) in [5.41, 5.74) is 0. The van der Waals surface area contributed by atoms with Crippen molar-refractivity contribution in [2.45, 2.75) is 26.2 Å². The minimum atomic E-state index is 0.740. The van der Waals surface area contributed by atoms with Crippen LogP contribution in [0.25, 0.3) is 0 Å². The van der Waals surface area contributed by atoms with E-state index in [1.54, 1.807) is 6.26 Å². The molecule has 1 atom stereocenters. The lowest BCUT2D eigenvalue weighted by Crippen LogP contribution is -2.46. The minimum absolute atomic E-state index is 0.740. The Hall–Kier alpha value is -1.71. The Morgan fingerprint density at radius 3 is 3.25 bits per heavy atom. The van der Waals surface area contributed by atoms with Crippen molar-refractivity contribution in [2.75, 3.05) is 26.2 Å². The molecular weight excluding hydrogens is 250 g/mol. The molecule has 1 aromatic heterocycles. The predicted molar refractivity (Wildman–Crippen MR) is 82.9 cm³/mol. The van der Waals surface area contributed by atoms with Crippen LogP contribution >= 0.6 is 0 Å². The quantitative estimate of drug-likeness (QED) is 0.510. The van der Waals surface area contributed by atoms with E-state index < -0.39 is 0 Å². The molecule has 110 valence electrons. The number of guanidine groups is 1. The van der Waals surface area contributed by atoms with Gasteiger partial charge in [-0.05, 0) is 30.9 Å². The summed E-state index contributed by atoms with van der Waals surface area (Å²) in [6, 6.07) is 3.91. The van der Waals surface area contributed by atoms with Crippen molar-refractivity contribution in [1.82, 2.24) is 10.2 Å². The van der Waals surface area contributed by atoms with Crippen LogP contribution in [0.2, 0.25) is 0 Å². The molecule has 2 rings (SSSR count). The topological polar surface area (TPSA) is 40.8 Å². The van der Waals surface area contributed by atoms with E-state index in [2.05, 4.69) is 23.7 Å². The van der Waals surface area contributed by atoms with Crippen LogP contribution in [0, 0.1) is 5.92 Å². The Morgan fingerprint density at radius 1 is 1.65 bits per heavy atom. The maximum absolute atomic E-state index is 5.34. The maximum Gasteiger partial charge on any atom is 0.194 e. The number of hydrogen-bond acceptors (Lipinski definition) is 2. The summed E-state index contributed by atoms with van der Waals surface area (Å²) in [7, 11) is 0. The fourth-order valence-corrected chi connectivity index (χ4v) is 2.54. The summed E-state index contributed by atoms with van der Waals surface area (Å²) in [6.07, 6.45) is 6.99. The van der Waals surface area contributed by atoms with Gasteiger partial charge in [-0.25, -0.2) is 0 Å². The van der Waals surface area contributed by atoms with Crippen LogP contribution in [0.1, 0.15) is 25.5 Å². The molecule has 1 aliphatic heterocycles. The zero-order chi connectivity index (χ0) is 14.2. The molecule has 1 aliphatic rings. The van der Waals surface area contributed by atoms with Crippen molar-refractivity contribution >= 4 is 5.96 Å². The summed E-state index contributed by atoms with van der Waals surface area (Å²) < 4.78 is 5.34. The zero-order valence-corrected chi connectivity index (χ0v) is 12.3. The second-order valence-corrected chi connectivity index (χ2v) is 5.40. The molecule has 1 unspecified atom stereocenters. The molecule has 0 aromatic carbocycles. The van der Waals surface area contributed by atoms with Gasteiger partial charge in [0.2, 0.25) is 0 Å². The van der Waals surface area contributed by atoms with Gasteiger partial charge in [-0.15, -0.1) is 6.58 Å². The highest BCUT2D eigenvalue weighted by Gasteiger charge is 2.18. The van der Waals surface area contributed by atoms with Gasteiger partial charge >= 0.3 is 0 Å². The molecule has 0 bridgehead atoms. The first-order valence-electron chi connectivity index (χ1n) is 7.46. The van der Waals surface area contributed by atoms with Gasteiger partial charge in [0.1, 0.15) is 5.76 Å². The predicted octanol–water partition coefficient (Wildman–Crippen LogP) is 2.69. The molecule has 0 amide bonds. The second kappa shape index (κ2) is 7.78. The summed E-state index contributed by atoms with van der Waals surface area (Å²) in [6.45, 7) is 9.75. The first-order chi connectivity index (χ1) is 9.79. The molecule has 0 spiro atoms. The Labute approximate surface area is 121 Å². The van der Waals surface area contributed by atoms with Crippen LogP contribution in [0.5, 0.6) is 0 Å². The minimum Gasteiger partial charge on any atom is -0.469 e.